The zero-order valence-corrected chi connectivity index (χ0v) is 13.5. The number of halogens is 3. The average molecular weight is 365 g/mol. The van der Waals surface area contributed by atoms with Crippen LogP contribution in [0.5, 0.6) is 0 Å². The molecular weight excluding hydrogens is 351 g/mol. The highest BCUT2D eigenvalue weighted by Gasteiger charge is 2.32. The fourth-order valence-corrected chi connectivity index (χ4v) is 2.94. The van der Waals surface area contributed by atoms with Crippen LogP contribution in [0, 0.1) is 0 Å². The van der Waals surface area contributed by atoms with Crippen LogP contribution >= 0.6 is 0 Å². The first-order valence-corrected chi connectivity index (χ1v) is 7.92. The van der Waals surface area contributed by atoms with Crippen LogP contribution in [0.15, 0.2) is 41.3 Å². The highest BCUT2D eigenvalue weighted by molar-refractivity contribution is 5.94. The Hall–Kier alpha value is -3.04. The molecule has 1 aliphatic heterocycles. The number of furan rings is 1. The molecule has 0 N–H and O–H groups in total. The predicted molar refractivity (Wildman–Crippen MR) is 84.8 cm³/mol. The van der Waals surface area contributed by atoms with E-state index in [1.165, 1.54) is 23.0 Å². The molecule has 1 aliphatic rings. The van der Waals surface area contributed by atoms with Crippen LogP contribution in [-0.2, 0) is 6.18 Å². The van der Waals surface area contributed by atoms with Crippen LogP contribution in [0.3, 0.4) is 0 Å². The van der Waals surface area contributed by atoms with Crippen molar-refractivity contribution in [2.24, 2.45) is 0 Å². The average Bonchev–Trinajstić information content (AvgIpc) is 3.30. The third-order valence-electron chi connectivity index (χ3n) is 4.33. The highest BCUT2D eigenvalue weighted by Crippen LogP contribution is 2.30. The van der Waals surface area contributed by atoms with Crippen molar-refractivity contribution >= 4 is 17.5 Å². The van der Waals surface area contributed by atoms with E-state index in [2.05, 4.69) is 10.2 Å². The minimum Gasteiger partial charge on any atom is -0.472 e. The Bertz CT molecular complexity index is 927. The van der Waals surface area contributed by atoms with E-state index < -0.39 is 11.7 Å². The van der Waals surface area contributed by atoms with E-state index in [0.29, 0.717) is 43.3 Å². The smallest absolute Gasteiger partial charge is 0.417 e. The first-order chi connectivity index (χ1) is 12.4. The van der Waals surface area contributed by atoms with Crippen LogP contribution in [0.2, 0.25) is 0 Å². The van der Waals surface area contributed by atoms with E-state index in [0.717, 1.165) is 12.3 Å². The van der Waals surface area contributed by atoms with Gasteiger partial charge in [-0.15, -0.1) is 10.2 Å². The summed E-state index contributed by atoms with van der Waals surface area (Å²) in [5, 5.41) is 7.94. The summed E-state index contributed by atoms with van der Waals surface area (Å²) >= 11 is 0. The van der Waals surface area contributed by atoms with Gasteiger partial charge in [-0.25, -0.2) is 0 Å². The molecule has 0 radical (unpaired) electrons. The summed E-state index contributed by atoms with van der Waals surface area (Å²) in [5.74, 6) is 0.199. The number of hydrogen-bond donors (Lipinski definition) is 0. The van der Waals surface area contributed by atoms with Gasteiger partial charge < -0.3 is 14.2 Å². The standard InChI is InChI=1S/C16H14F3N5O2/c17-16(18,19)12-1-2-13-20-21-15(24(13)9-12)23-6-4-22(5-7-23)14(25)11-3-8-26-10-11/h1-3,8-10H,4-7H2. The third-order valence-corrected chi connectivity index (χ3v) is 4.33. The van der Waals surface area contributed by atoms with Crippen molar-refractivity contribution in [3.63, 3.8) is 0 Å². The van der Waals surface area contributed by atoms with Gasteiger partial charge in [0.1, 0.15) is 6.26 Å². The lowest BCUT2D eigenvalue weighted by Crippen LogP contribution is -2.49. The van der Waals surface area contributed by atoms with E-state index in [-0.39, 0.29) is 5.91 Å². The molecule has 4 heterocycles. The molecule has 3 aromatic heterocycles. The Kier molecular flexibility index (Phi) is 3.82. The fourth-order valence-electron chi connectivity index (χ4n) is 2.94. The molecule has 3 aromatic rings. The molecule has 136 valence electrons. The summed E-state index contributed by atoms with van der Waals surface area (Å²) in [7, 11) is 0. The number of nitrogens with zero attached hydrogens (tertiary/aromatic N) is 5. The van der Waals surface area contributed by atoms with E-state index in [9.17, 15) is 18.0 Å². The zero-order valence-electron chi connectivity index (χ0n) is 13.5. The molecule has 26 heavy (non-hydrogen) atoms. The first-order valence-electron chi connectivity index (χ1n) is 7.92. The van der Waals surface area contributed by atoms with Crippen molar-refractivity contribution in [3.8, 4) is 0 Å². The minimum absolute atomic E-state index is 0.135. The number of aromatic nitrogens is 3. The number of anilines is 1. The maximum atomic E-state index is 13.0. The lowest BCUT2D eigenvalue weighted by Gasteiger charge is -2.34. The number of rotatable bonds is 2. The quantitative estimate of drug-likeness (QED) is 0.697. The minimum atomic E-state index is -4.44. The molecule has 1 saturated heterocycles. The van der Waals surface area contributed by atoms with E-state index >= 15 is 0 Å². The van der Waals surface area contributed by atoms with Crippen LogP contribution < -0.4 is 4.90 Å². The summed E-state index contributed by atoms with van der Waals surface area (Å²) in [6.45, 7) is 1.75. The second-order valence-corrected chi connectivity index (χ2v) is 5.94. The Balaban J connectivity index is 1.53. The van der Waals surface area contributed by atoms with E-state index in [4.69, 9.17) is 4.42 Å². The molecule has 0 bridgehead atoms. The number of alkyl halides is 3. The van der Waals surface area contributed by atoms with Gasteiger partial charge in [-0.2, -0.15) is 13.2 Å². The van der Waals surface area contributed by atoms with Gasteiger partial charge in [0.05, 0.1) is 17.4 Å². The van der Waals surface area contributed by atoms with Crippen molar-refractivity contribution < 1.29 is 22.4 Å². The lowest BCUT2D eigenvalue weighted by molar-refractivity contribution is -0.137. The van der Waals surface area contributed by atoms with Gasteiger partial charge in [0, 0.05) is 32.4 Å². The van der Waals surface area contributed by atoms with Crippen LogP contribution in [-0.4, -0.2) is 51.6 Å². The summed E-state index contributed by atoms with van der Waals surface area (Å²) in [6.07, 6.45) is -0.622. The maximum Gasteiger partial charge on any atom is 0.417 e. The summed E-state index contributed by atoms with van der Waals surface area (Å²) in [5.41, 5.74) is 0.0471. The van der Waals surface area contributed by atoms with Crippen LogP contribution in [0.4, 0.5) is 19.1 Å². The number of carbonyl (C=O) groups excluding carboxylic acids is 1. The second-order valence-electron chi connectivity index (χ2n) is 5.94. The number of carbonyl (C=O) groups is 1. The number of fused-ring (bicyclic) bond motifs is 1. The normalized spacial score (nSPS) is 15.7. The Labute approximate surface area is 145 Å². The summed E-state index contributed by atoms with van der Waals surface area (Å²) in [4.78, 5) is 15.8. The fraction of sp³-hybridized carbons (Fsp3) is 0.312. The van der Waals surface area contributed by atoms with Crippen molar-refractivity contribution in [1.82, 2.24) is 19.5 Å². The van der Waals surface area contributed by atoms with Crippen molar-refractivity contribution in [2.45, 2.75) is 6.18 Å². The van der Waals surface area contributed by atoms with Gasteiger partial charge in [-0.3, -0.25) is 9.20 Å². The van der Waals surface area contributed by atoms with Crippen LogP contribution in [0.25, 0.3) is 5.65 Å². The molecule has 4 rings (SSSR count). The SMILES string of the molecule is O=C(c1ccoc1)N1CCN(c2nnc3ccc(C(F)(F)F)cn23)CC1. The monoisotopic (exact) mass is 365 g/mol. The summed E-state index contributed by atoms with van der Waals surface area (Å²) in [6, 6.07) is 3.87. The predicted octanol–water partition coefficient (Wildman–Crippen LogP) is 2.30. The molecule has 0 spiro atoms. The number of amides is 1. The highest BCUT2D eigenvalue weighted by atomic mass is 19.4. The summed E-state index contributed by atoms with van der Waals surface area (Å²) < 4.78 is 45.1. The lowest BCUT2D eigenvalue weighted by atomic mass is 10.2. The van der Waals surface area contributed by atoms with Gasteiger partial charge in [0.15, 0.2) is 5.65 Å². The van der Waals surface area contributed by atoms with Crippen molar-refractivity contribution in [3.05, 3.63) is 48.0 Å². The molecule has 1 fully saturated rings. The molecule has 0 atom stereocenters. The molecule has 1 amide bonds. The molecule has 0 aromatic carbocycles. The Morgan fingerprint density at radius 1 is 1.08 bits per heavy atom. The largest absolute Gasteiger partial charge is 0.472 e. The number of hydrogen-bond acceptors (Lipinski definition) is 5. The van der Waals surface area contributed by atoms with Crippen molar-refractivity contribution in [1.29, 1.82) is 0 Å². The number of piperazine rings is 1. The Morgan fingerprint density at radius 3 is 2.50 bits per heavy atom. The number of pyridine rings is 1. The van der Waals surface area contributed by atoms with E-state index in [1.807, 2.05) is 4.90 Å². The maximum absolute atomic E-state index is 13.0. The van der Waals surface area contributed by atoms with Crippen molar-refractivity contribution in [2.75, 3.05) is 31.1 Å². The van der Waals surface area contributed by atoms with Gasteiger partial charge in [-0.1, -0.05) is 0 Å². The van der Waals surface area contributed by atoms with E-state index in [1.54, 1.807) is 11.0 Å². The molecule has 0 saturated carbocycles. The van der Waals surface area contributed by atoms with Gasteiger partial charge in [-0.05, 0) is 18.2 Å². The zero-order chi connectivity index (χ0) is 18.3. The third kappa shape index (κ3) is 2.87. The molecule has 7 nitrogen and oxygen atoms in total. The van der Waals surface area contributed by atoms with Gasteiger partial charge in [0.25, 0.3) is 5.91 Å². The first kappa shape index (κ1) is 16.4. The molecule has 0 aliphatic carbocycles. The van der Waals surface area contributed by atoms with Gasteiger partial charge in [0.2, 0.25) is 5.95 Å². The molecule has 10 heteroatoms. The second kappa shape index (κ2) is 6.04. The van der Waals surface area contributed by atoms with Crippen LogP contribution in [0.1, 0.15) is 15.9 Å². The topological polar surface area (TPSA) is 66.9 Å². The van der Waals surface area contributed by atoms with Gasteiger partial charge >= 0.3 is 6.18 Å². The molecule has 0 unspecified atom stereocenters. The Morgan fingerprint density at radius 2 is 1.85 bits per heavy atom. The molecular formula is C16H14F3N5O2.